The van der Waals surface area contributed by atoms with E-state index >= 15 is 0 Å². The molecule has 5 nitrogen and oxygen atoms in total. The first kappa shape index (κ1) is 19.5. The Kier molecular flexibility index (Phi) is 5.35. The van der Waals surface area contributed by atoms with Crippen LogP contribution in [0.5, 0.6) is 5.75 Å². The van der Waals surface area contributed by atoms with Gasteiger partial charge in [0.05, 0.1) is 17.9 Å². The SMILES string of the molecule is Cc1cccc(C(=O)CNc2ccc(N3C=CC=Nc4cc(O)ccc43)cc2)c1C. The molecule has 0 saturated carbocycles. The van der Waals surface area contributed by atoms with Gasteiger partial charge >= 0.3 is 0 Å². The predicted molar refractivity (Wildman–Crippen MR) is 123 cm³/mol. The van der Waals surface area contributed by atoms with Gasteiger partial charge in [-0.25, -0.2) is 0 Å². The van der Waals surface area contributed by atoms with Crippen molar-refractivity contribution < 1.29 is 9.90 Å². The quantitative estimate of drug-likeness (QED) is 0.544. The van der Waals surface area contributed by atoms with Crippen LogP contribution in [0.25, 0.3) is 0 Å². The van der Waals surface area contributed by atoms with Crippen LogP contribution in [0.3, 0.4) is 0 Å². The number of aliphatic imine (C=N–C) groups is 1. The lowest BCUT2D eigenvalue weighted by Crippen LogP contribution is -2.15. The van der Waals surface area contributed by atoms with E-state index in [1.54, 1.807) is 18.3 Å². The number of fused-ring (bicyclic) bond motifs is 1. The maximum atomic E-state index is 12.6. The minimum atomic E-state index is 0.0709. The molecule has 5 heteroatoms. The van der Waals surface area contributed by atoms with Crippen LogP contribution in [-0.4, -0.2) is 23.6 Å². The zero-order chi connectivity index (χ0) is 21.1. The summed E-state index contributed by atoms with van der Waals surface area (Å²) in [6, 6.07) is 18.8. The minimum absolute atomic E-state index is 0.0709. The number of anilines is 3. The number of hydrogen-bond acceptors (Lipinski definition) is 5. The number of aryl methyl sites for hydroxylation is 1. The highest BCUT2D eigenvalue weighted by Gasteiger charge is 2.14. The van der Waals surface area contributed by atoms with Gasteiger partial charge in [-0.2, -0.15) is 0 Å². The molecule has 1 aliphatic rings. The largest absolute Gasteiger partial charge is 0.508 e. The van der Waals surface area contributed by atoms with Crippen molar-refractivity contribution in [2.45, 2.75) is 13.8 Å². The zero-order valence-corrected chi connectivity index (χ0v) is 17.0. The van der Waals surface area contributed by atoms with E-state index in [-0.39, 0.29) is 18.1 Å². The number of Topliss-reactive ketones (excluding diaryl/α,β-unsaturated/α-hetero) is 1. The number of nitrogens with zero attached hydrogens (tertiary/aromatic N) is 2. The summed E-state index contributed by atoms with van der Waals surface area (Å²) in [6.45, 7) is 4.23. The van der Waals surface area contributed by atoms with Crippen molar-refractivity contribution >= 4 is 34.7 Å². The fraction of sp³-hybridized carbons (Fsp3) is 0.120. The third-order valence-electron chi connectivity index (χ3n) is 5.26. The molecular formula is C25H23N3O2. The molecule has 3 aromatic rings. The molecule has 0 unspecified atom stereocenters. The van der Waals surface area contributed by atoms with E-state index < -0.39 is 0 Å². The normalized spacial score (nSPS) is 12.4. The average molecular weight is 397 g/mol. The number of phenolic OH excluding ortho intramolecular Hbond substituents is 1. The molecule has 0 aromatic heterocycles. The molecule has 0 radical (unpaired) electrons. The third kappa shape index (κ3) is 3.96. The molecule has 4 rings (SSSR count). The van der Waals surface area contributed by atoms with E-state index in [9.17, 15) is 9.90 Å². The smallest absolute Gasteiger partial charge is 0.182 e. The fourth-order valence-corrected chi connectivity index (χ4v) is 3.44. The first-order valence-corrected chi connectivity index (χ1v) is 9.79. The van der Waals surface area contributed by atoms with E-state index in [4.69, 9.17) is 0 Å². The van der Waals surface area contributed by atoms with E-state index in [1.807, 2.05) is 79.6 Å². The van der Waals surface area contributed by atoms with E-state index in [2.05, 4.69) is 10.3 Å². The molecule has 0 atom stereocenters. The third-order valence-corrected chi connectivity index (χ3v) is 5.26. The van der Waals surface area contributed by atoms with Gasteiger partial charge in [0, 0.05) is 35.4 Å². The summed E-state index contributed by atoms with van der Waals surface area (Å²) in [5.41, 5.74) is 6.31. The molecule has 0 aliphatic carbocycles. The number of hydrogen-bond donors (Lipinski definition) is 2. The van der Waals surface area contributed by atoms with Gasteiger partial charge in [0.25, 0.3) is 0 Å². The van der Waals surface area contributed by atoms with Crippen molar-refractivity contribution in [1.82, 2.24) is 0 Å². The summed E-state index contributed by atoms with van der Waals surface area (Å²) in [4.78, 5) is 19.0. The lowest BCUT2D eigenvalue weighted by atomic mass is 10.0. The number of carbonyl (C=O) groups is 1. The molecule has 0 spiro atoms. The summed E-state index contributed by atoms with van der Waals surface area (Å²) in [5, 5.41) is 13.0. The second kappa shape index (κ2) is 8.25. The van der Waals surface area contributed by atoms with Crippen molar-refractivity contribution in [3.05, 3.63) is 89.6 Å². The average Bonchev–Trinajstić information content (AvgIpc) is 2.96. The maximum Gasteiger partial charge on any atom is 0.182 e. The summed E-state index contributed by atoms with van der Waals surface area (Å²) < 4.78 is 0. The molecule has 2 N–H and O–H groups in total. The molecule has 3 aromatic carbocycles. The van der Waals surface area contributed by atoms with Gasteiger partial charge in [0.1, 0.15) is 5.75 Å². The Labute approximate surface area is 176 Å². The van der Waals surface area contributed by atoms with E-state index in [0.717, 1.165) is 33.8 Å². The predicted octanol–water partition coefficient (Wildman–Crippen LogP) is 5.67. The van der Waals surface area contributed by atoms with Crippen LogP contribution in [-0.2, 0) is 0 Å². The van der Waals surface area contributed by atoms with Crippen molar-refractivity contribution in [1.29, 1.82) is 0 Å². The number of nitrogens with one attached hydrogen (secondary N) is 1. The number of rotatable bonds is 5. The highest BCUT2D eigenvalue weighted by molar-refractivity contribution is 6.00. The number of allylic oxidation sites excluding steroid dienone is 1. The molecule has 1 heterocycles. The van der Waals surface area contributed by atoms with Crippen molar-refractivity contribution in [2.24, 2.45) is 4.99 Å². The Morgan fingerprint density at radius 2 is 1.87 bits per heavy atom. The van der Waals surface area contributed by atoms with Gasteiger partial charge in [0.15, 0.2) is 5.78 Å². The van der Waals surface area contributed by atoms with Gasteiger partial charge in [0.2, 0.25) is 0 Å². The molecule has 30 heavy (non-hydrogen) atoms. The Balaban J connectivity index is 1.49. The second-order valence-corrected chi connectivity index (χ2v) is 7.23. The van der Waals surface area contributed by atoms with Crippen molar-refractivity contribution in [2.75, 3.05) is 16.8 Å². The van der Waals surface area contributed by atoms with E-state index in [0.29, 0.717) is 5.69 Å². The Hall–Kier alpha value is -3.86. The highest BCUT2D eigenvalue weighted by Crippen LogP contribution is 2.37. The topological polar surface area (TPSA) is 64.9 Å². The first-order valence-electron chi connectivity index (χ1n) is 9.79. The van der Waals surface area contributed by atoms with Crippen LogP contribution in [0, 0.1) is 13.8 Å². The number of carbonyl (C=O) groups excluding carboxylic acids is 1. The molecule has 0 fully saturated rings. The monoisotopic (exact) mass is 397 g/mol. The Morgan fingerprint density at radius 3 is 2.67 bits per heavy atom. The minimum Gasteiger partial charge on any atom is -0.508 e. The lowest BCUT2D eigenvalue weighted by molar-refractivity contribution is 0.101. The van der Waals surface area contributed by atoms with Crippen LogP contribution in [0.15, 0.2) is 77.9 Å². The standard InChI is InChI=1S/C25H23N3O2/c1-17-5-3-6-22(18(17)2)25(30)16-27-19-7-9-20(10-8-19)28-14-4-13-26-23-15-21(29)11-12-24(23)28/h3-15,27,29H,16H2,1-2H3. The van der Waals surface area contributed by atoms with Crippen molar-refractivity contribution in [3.8, 4) is 5.75 Å². The first-order chi connectivity index (χ1) is 14.5. The van der Waals surface area contributed by atoms with Gasteiger partial charge in [-0.15, -0.1) is 0 Å². The Bertz CT molecular complexity index is 1150. The van der Waals surface area contributed by atoms with E-state index in [1.165, 1.54) is 0 Å². The summed E-state index contributed by atoms with van der Waals surface area (Å²) in [5.74, 6) is 0.252. The number of phenols is 1. The van der Waals surface area contributed by atoms with Crippen LogP contribution < -0.4 is 10.2 Å². The summed E-state index contributed by atoms with van der Waals surface area (Å²) >= 11 is 0. The van der Waals surface area contributed by atoms with Gasteiger partial charge < -0.3 is 15.3 Å². The van der Waals surface area contributed by atoms with Gasteiger partial charge in [-0.3, -0.25) is 9.79 Å². The highest BCUT2D eigenvalue weighted by atomic mass is 16.3. The molecule has 150 valence electrons. The summed E-state index contributed by atoms with van der Waals surface area (Å²) in [7, 11) is 0. The van der Waals surface area contributed by atoms with Crippen LogP contribution in [0.2, 0.25) is 0 Å². The second-order valence-electron chi connectivity index (χ2n) is 7.23. The van der Waals surface area contributed by atoms with Crippen LogP contribution in [0.4, 0.5) is 22.7 Å². The van der Waals surface area contributed by atoms with Gasteiger partial charge in [-0.1, -0.05) is 18.2 Å². The van der Waals surface area contributed by atoms with Crippen LogP contribution in [0.1, 0.15) is 21.5 Å². The lowest BCUT2D eigenvalue weighted by Gasteiger charge is -2.22. The Morgan fingerprint density at radius 1 is 1.07 bits per heavy atom. The molecule has 0 saturated heterocycles. The molecule has 0 bridgehead atoms. The molecule has 0 amide bonds. The number of benzene rings is 3. The fourth-order valence-electron chi connectivity index (χ4n) is 3.44. The number of aromatic hydroxyl groups is 1. The zero-order valence-electron chi connectivity index (χ0n) is 17.0. The van der Waals surface area contributed by atoms with Crippen LogP contribution >= 0.6 is 0 Å². The molecule has 1 aliphatic heterocycles. The molecular weight excluding hydrogens is 374 g/mol. The number of ketones is 1. The maximum absolute atomic E-state index is 12.6. The van der Waals surface area contributed by atoms with Gasteiger partial charge in [-0.05, 0) is 67.4 Å². The van der Waals surface area contributed by atoms with Crippen molar-refractivity contribution in [3.63, 3.8) is 0 Å². The summed E-state index contributed by atoms with van der Waals surface area (Å²) in [6.07, 6.45) is 5.48.